The number of carbonyl (C=O) groups is 2. The van der Waals surface area contributed by atoms with Crippen LogP contribution in [0.1, 0.15) is 57.8 Å². The molecule has 0 aliphatic heterocycles. The fraction of sp³-hybridized carbons (Fsp3) is 0.846. The van der Waals surface area contributed by atoms with Crippen LogP contribution in [-0.4, -0.2) is 23.5 Å². The lowest BCUT2D eigenvalue weighted by Crippen LogP contribution is -2.25. The van der Waals surface area contributed by atoms with Crippen LogP contribution >= 0.6 is 0 Å². The first-order valence-electron chi connectivity index (χ1n) is 6.67. The predicted octanol–water partition coefficient (Wildman–Crippen LogP) is 2.33. The van der Waals surface area contributed by atoms with E-state index in [1.165, 1.54) is 32.1 Å². The Morgan fingerprint density at radius 1 is 1.12 bits per heavy atom. The Bertz CT molecular complexity index is 247. The SMILES string of the molecule is O=C(O)CCNC(=O)CCCC1CCCCC1. The van der Waals surface area contributed by atoms with Gasteiger partial charge in [0.25, 0.3) is 0 Å². The van der Waals surface area contributed by atoms with Gasteiger partial charge in [-0.2, -0.15) is 0 Å². The molecule has 1 amide bonds. The lowest BCUT2D eigenvalue weighted by Gasteiger charge is -2.21. The molecule has 98 valence electrons. The first kappa shape index (κ1) is 14.0. The zero-order valence-electron chi connectivity index (χ0n) is 10.4. The molecule has 0 spiro atoms. The maximum atomic E-state index is 11.4. The summed E-state index contributed by atoms with van der Waals surface area (Å²) >= 11 is 0. The van der Waals surface area contributed by atoms with Gasteiger partial charge in [0.1, 0.15) is 0 Å². The normalized spacial score (nSPS) is 16.7. The van der Waals surface area contributed by atoms with E-state index >= 15 is 0 Å². The van der Waals surface area contributed by atoms with Gasteiger partial charge >= 0.3 is 5.97 Å². The average Bonchev–Trinajstić information content (AvgIpc) is 2.30. The third-order valence-electron chi connectivity index (χ3n) is 3.40. The van der Waals surface area contributed by atoms with E-state index in [0.29, 0.717) is 6.42 Å². The summed E-state index contributed by atoms with van der Waals surface area (Å²) in [5.41, 5.74) is 0. The van der Waals surface area contributed by atoms with E-state index in [-0.39, 0.29) is 18.9 Å². The number of hydrogen-bond donors (Lipinski definition) is 2. The van der Waals surface area contributed by atoms with Crippen LogP contribution in [-0.2, 0) is 9.59 Å². The molecular formula is C13H23NO3. The van der Waals surface area contributed by atoms with Gasteiger partial charge in [-0.25, -0.2) is 0 Å². The summed E-state index contributed by atoms with van der Waals surface area (Å²) in [6, 6.07) is 0. The van der Waals surface area contributed by atoms with E-state index in [0.717, 1.165) is 18.8 Å². The fourth-order valence-electron chi connectivity index (χ4n) is 2.42. The van der Waals surface area contributed by atoms with Crippen molar-refractivity contribution in [3.05, 3.63) is 0 Å². The monoisotopic (exact) mass is 241 g/mol. The molecule has 17 heavy (non-hydrogen) atoms. The lowest BCUT2D eigenvalue weighted by atomic mass is 9.86. The summed E-state index contributed by atoms with van der Waals surface area (Å²) in [6.07, 6.45) is 9.32. The molecule has 4 heteroatoms. The van der Waals surface area contributed by atoms with E-state index < -0.39 is 5.97 Å². The number of hydrogen-bond acceptors (Lipinski definition) is 2. The predicted molar refractivity (Wildman–Crippen MR) is 65.7 cm³/mol. The van der Waals surface area contributed by atoms with E-state index in [9.17, 15) is 9.59 Å². The number of nitrogens with one attached hydrogen (secondary N) is 1. The molecule has 1 saturated carbocycles. The molecule has 1 rings (SSSR count). The van der Waals surface area contributed by atoms with Crippen LogP contribution in [0.4, 0.5) is 0 Å². The van der Waals surface area contributed by atoms with Gasteiger partial charge in [-0.3, -0.25) is 9.59 Å². The Hall–Kier alpha value is -1.06. The molecule has 0 atom stereocenters. The second-order valence-electron chi connectivity index (χ2n) is 4.89. The van der Waals surface area contributed by atoms with Crippen LogP contribution in [0.3, 0.4) is 0 Å². The summed E-state index contributed by atoms with van der Waals surface area (Å²) in [5, 5.41) is 11.1. The number of amides is 1. The van der Waals surface area contributed by atoms with Gasteiger partial charge < -0.3 is 10.4 Å². The van der Waals surface area contributed by atoms with Crippen molar-refractivity contribution in [1.82, 2.24) is 5.32 Å². The molecule has 1 fully saturated rings. The van der Waals surface area contributed by atoms with Crippen molar-refractivity contribution in [2.45, 2.75) is 57.8 Å². The van der Waals surface area contributed by atoms with Gasteiger partial charge in [0.2, 0.25) is 5.91 Å². The summed E-state index contributed by atoms with van der Waals surface area (Å²) in [5.74, 6) is -0.0647. The largest absolute Gasteiger partial charge is 0.481 e. The Labute approximate surface area is 103 Å². The minimum atomic E-state index is -0.868. The molecule has 0 bridgehead atoms. The van der Waals surface area contributed by atoms with E-state index in [1.807, 2.05) is 0 Å². The molecule has 0 aromatic rings. The Morgan fingerprint density at radius 3 is 2.47 bits per heavy atom. The summed E-state index contributed by atoms with van der Waals surface area (Å²) in [6.45, 7) is 0.248. The topological polar surface area (TPSA) is 66.4 Å². The first-order chi connectivity index (χ1) is 8.18. The highest BCUT2D eigenvalue weighted by Gasteiger charge is 2.13. The van der Waals surface area contributed by atoms with Gasteiger partial charge in [-0.1, -0.05) is 32.1 Å². The molecular weight excluding hydrogens is 218 g/mol. The van der Waals surface area contributed by atoms with Crippen molar-refractivity contribution >= 4 is 11.9 Å². The van der Waals surface area contributed by atoms with Gasteiger partial charge in [0, 0.05) is 13.0 Å². The van der Waals surface area contributed by atoms with Gasteiger partial charge in [-0.05, 0) is 18.8 Å². The Kier molecular flexibility index (Phi) is 6.67. The van der Waals surface area contributed by atoms with E-state index in [4.69, 9.17) is 5.11 Å². The summed E-state index contributed by atoms with van der Waals surface area (Å²) in [4.78, 5) is 21.6. The summed E-state index contributed by atoms with van der Waals surface area (Å²) in [7, 11) is 0. The number of carboxylic acids is 1. The standard InChI is InChI=1S/C13H23NO3/c15-12(14-10-9-13(16)17)8-4-7-11-5-2-1-3-6-11/h11H,1-10H2,(H,14,15)(H,16,17). The van der Waals surface area contributed by atoms with Crippen LogP contribution in [0.5, 0.6) is 0 Å². The van der Waals surface area contributed by atoms with Crippen molar-refractivity contribution < 1.29 is 14.7 Å². The maximum Gasteiger partial charge on any atom is 0.305 e. The van der Waals surface area contributed by atoms with Crippen LogP contribution in [0.25, 0.3) is 0 Å². The fourth-order valence-corrected chi connectivity index (χ4v) is 2.42. The van der Waals surface area contributed by atoms with Crippen LogP contribution in [0.15, 0.2) is 0 Å². The molecule has 4 nitrogen and oxygen atoms in total. The third-order valence-corrected chi connectivity index (χ3v) is 3.40. The number of aliphatic carboxylic acids is 1. The molecule has 1 aliphatic carbocycles. The van der Waals surface area contributed by atoms with Crippen molar-refractivity contribution in [3.63, 3.8) is 0 Å². The van der Waals surface area contributed by atoms with Crippen molar-refractivity contribution in [2.75, 3.05) is 6.54 Å². The summed E-state index contributed by atoms with van der Waals surface area (Å²) < 4.78 is 0. The molecule has 2 N–H and O–H groups in total. The minimum absolute atomic E-state index is 0.00830. The quantitative estimate of drug-likeness (QED) is 0.719. The molecule has 0 radical (unpaired) electrons. The van der Waals surface area contributed by atoms with Crippen LogP contribution in [0, 0.1) is 5.92 Å². The van der Waals surface area contributed by atoms with Crippen molar-refractivity contribution in [1.29, 1.82) is 0 Å². The second kappa shape index (κ2) is 8.09. The maximum absolute atomic E-state index is 11.4. The second-order valence-corrected chi connectivity index (χ2v) is 4.89. The van der Waals surface area contributed by atoms with Crippen molar-refractivity contribution in [3.8, 4) is 0 Å². The van der Waals surface area contributed by atoms with Gasteiger partial charge in [-0.15, -0.1) is 0 Å². The lowest BCUT2D eigenvalue weighted by molar-refractivity contribution is -0.136. The van der Waals surface area contributed by atoms with E-state index in [1.54, 1.807) is 0 Å². The van der Waals surface area contributed by atoms with Crippen LogP contribution in [0.2, 0.25) is 0 Å². The highest BCUT2D eigenvalue weighted by Crippen LogP contribution is 2.27. The zero-order chi connectivity index (χ0) is 12.5. The molecule has 1 aliphatic rings. The smallest absolute Gasteiger partial charge is 0.305 e. The molecule has 0 saturated heterocycles. The molecule has 0 aromatic heterocycles. The third kappa shape index (κ3) is 6.97. The van der Waals surface area contributed by atoms with Crippen LogP contribution < -0.4 is 5.32 Å². The Morgan fingerprint density at radius 2 is 1.82 bits per heavy atom. The highest BCUT2D eigenvalue weighted by atomic mass is 16.4. The minimum Gasteiger partial charge on any atom is -0.481 e. The molecule has 0 aromatic carbocycles. The van der Waals surface area contributed by atoms with Gasteiger partial charge in [0.15, 0.2) is 0 Å². The number of carboxylic acid groups (broad SMARTS) is 1. The van der Waals surface area contributed by atoms with E-state index in [2.05, 4.69) is 5.32 Å². The first-order valence-corrected chi connectivity index (χ1v) is 6.67. The van der Waals surface area contributed by atoms with Gasteiger partial charge in [0.05, 0.1) is 6.42 Å². The Balaban J connectivity index is 1.97. The van der Waals surface area contributed by atoms with Crippen molar-refractivity contribution in [2.24, 2.45) is 5.92 Å². The number of carbonyl (C=O) groups excluding carboxylic acids is 1. The number of rotatable bonds is 7. The molecule has 0 heterocycles. The zero-order valence-corrected chi connectivity index (χ0v) is 10.4. The molecule has 0 unspecified atom stereocenters. The highest BCUT2D eigenvalue weighted by molar-refractivity contribution is 5.76. The average molecular weight is 241 g/mol.